The van der Waals surface area contributed by atoms with Crippen LogP contribution in [0.1, 0.15) is 5.56 Å². The number of hydrogen-bond donors (Lipinski definition) is 0. The summed E-state index contributed by atoms with van der Waals surface area (Å²) in [5.41, 5.74) is 0.669. The first-order chi connectivity index (χ1) is 6.74. The van der Waals surface area contributed by atoms with Crippen molar-refractivity contribution in [2.75, 3.05) is 0 Å². The molecule has 0 unspecified atom stereocenters. The molecule has 0 saturated carbocycles. The molecule has 0 fully saturated rings. The zero-order valence-electron chi connectivity index (χ0n) is 7.44. The minimum Gasteiger partial charge on any atom is -0.192 e. The van der Waals surface area contributed by atoms with Crippen molar-refractivity contribution in [1.29, 1.82) is 15.8 Å². The van der Waals surface area contributed by atoms with Gasteiger partial charge in [0.2, 0.25) is 0 Å². The van der Waals surface area contributed by atoms with Gasteiger partial charge in [0.1, 0.15) is 17.7 Å². The lowest BCUT2D eigenvalue weighted by atomic mass is 10.2. The smallest absolute Gasteiger partial charge is 0.122 e. The van der Waals surface area contributed by atoms with Crippen LogP contribution in [0.3, 0.4) is 0 Å². The summed E-state index contributed by atoms with van der Waals surface area (Å²) in [4.78, 5) is 0. The molecule has 0 heterocycles. The SMILES string of the molecule is C=C(C#N)C#N.N#Cc1ccccc1. The predicted molar refractivity (Wildman–Crippen MR) is 51.5 cm³/mol. The van der Waals surface area contributed by atoms with Gasteiger partial charge in [-0.3, -0.25) is 0 Å². The molecule has 0 aliphatic heterocycles. The van der Waals surface area contributed by atoms with Gasteiger partial charge in [-0.05, 0) is 12.1 Å². The van der Waals surface area contributed by atoms with Crippen molar-refractivity contribution in [1.82, 2.24) is 0 Å². The van der Waals surface area contributed by atoms with E-state index in [0.29, 0.717) is 5.56 Å². The van der Waals surface area contributed by atoms with Gasteiger partial charge in [0.05, 0.1) is 11.6 Å². The second kappa shape index (κ2) is 7.10. The van der Waals surface area contributed by atoms with Crippen LogP contribution in [0.4, 0.5) is 0 Å². The Morgan fingerprint density at radius 1 is 1.00 bits per heavy atom. The molecular formula is C11H7N3. The molecule has 0 aliphatic carbocycles. The van der Waals surface area contributed by atoms with Crippen molar-refractivity contribution in [3.63, 3.8) is 0 Å². The highest BCUT2D eigenvalue weighted by Gasteiger charge is 1.79. The topological polar surface area (TPSA) is 71.4 Å². The summed E-state index contributed by atoms with van der Waals surface area (Å²) in [6.07, 6.45) is 0. The Hall–Kier alpha value is -2.57. The molecule has 0 radical (unpaired) electrons. The van der Waals surface area contributed by atoms with Gasteiger partial charge in [0.25, 0.3) is 0 Å². The van der Waals surface area contributed by atoms with Gasteiger partial charge in [0.15, 0.2) is 0 Å². The number of nitrogens with zero attached hydrogens (tertiary/aromatic N) is 3. The van der Waals surface area contributed by atoms with E-state index < -0.39 is 0 Å². The molecule has 1 aromatic carbocycles. The van der Waals surface area contributed by atoms with Gasteiger partial charge in [-0.2, -0.15) is 15.8 Å². The number of allylic oxidation sites excluding steroid dienone is 1. The minimum atomic E-state index is -0.0463. The van der Waals surface area contributed by atoms with E-state index in [1.165, 1.54) is 0 Å². The normalized spacial score (nSPS) is 6.64. The Balaban J connectivity index is 0.000000255. The number of benzene rings is 1. The fourth-order valence-electron chi connectivity index (χ4n) is 0.538. The Morgan fingerprint density at radius 2 is 1.50 bits per heavy atom. The van der Waals surface area contributed by atoms with E-state index in [1.807, 2.05) is 24.3 Å². The summed E-state index contributed by atoms with van der Waals surface area (Å²) in [7, 11) is 0. The summed E-state index contributed by atoms with van der Waals surface area (Å²) < 4.78 is 0. The van der Waals surface area contributed by atoms with E-state index >= 15 is 0 Å². The van der Waals surface area contributed by atoms with Crippen LogP contribution >= 0.6 is 0 Å². The van der Waals surface area contributed by atoms with Gasteiger partial charge < -0.3 is 0 Å². The van der Waals surface area contributed by atoms with Crippen LogP contribution < -0.4 is 0 Å². The Kier molecular flexibility index (Phi) is 5.80. The molecule has 0 amide bonds. The minimum absolute atomic E-state index is 0.0463. The van der Waals surface area contributed by atoms with Crippen LogP contribution in [0.5, 0.6) is 0 Å². The van der Waals surface area contributed by atoms with Gasteiger partial charge in [-0.15, -0.1) is 0 Å². The number of rotatable bonds is 0. The van der Waals surface area contributed by atoms with Crippen LogP contribution in [-0.4, -0.2) is 0 Å². The second-order valence-electron chi connectivity index (χ2n) is 2.18. The average Bonchev–Trinajstić information content (AvgIpc) is 2.30. The highest BCUT2D eigenvalue weighted by molar-refractivity contribution is 5.31. The summed E-state index contributed by atoms with van der Waals surface area (Å²) in [5, 5.41) is 23.8. The maximum Gasteiger partial charge on any atom is 0.122 e. The van der Waals surface area contributed by atoms with Crippen LogP contribution in [0.25, 0.3) is 0 Å². The number of hydrogen-bond acceptors (Lipinski definition) is 3. The third-order valence-corrected chi connectivity index (χ3v) is 1.17. The number of nitriles is 3. The van der Waals surface area contributed by atoms with Crippen molar-refractivity contribution in [2.45, 2.75) is 0 Å². The van der Waals surface area contributed by atoms with E-state index in [-0.39, 0.29) is 5.57 Å². The molecule has 0 atom stereocenters. The zero-order chi connectivity index (χ0) is 10.8. The predicted octanol–water partition coefficient (Wildman–Crippen LogP) is 2.15. The molecule has 0 aliphatic rings. The Bertz CT molecular complexity index is 397. The average molecular weight is 181 g/mol. The lowest BCUT2D eigenvalue weighted by Crippen LogP contribution is -1.66. The van der Waals surface area contributed by atoms with E-state index in [9.17, 15) is 0 Å². The molecule has 0 spiro atoms. The molecule has 1 aromatic rings. The molecule has 0 N–H and O–H groups in total. The van der Waals surface area contributed by atoms with E-state index in [4.69, 9.17) is 15.8 Å². The van der Waals surface area contributed by atoms with Crippen LogP contribution in [-0.2, 0) is 0 Å². The fourth-order valence-corrected chi connectivity index (χ4v) is 0.538. The molecule has 0 bridgehead atoms. The quantitative estimate of drug-likeness (QED) is 0.575. The molecule has 0 aromatic heterocycles. The van der Waals surface area contributed by atoms with E-state index in [0.717, 1.165) is 0 Å². The monoisotopic (exact) mass is 181 g/mol. The Labute approximate surface area is 82.8 Å². The second-order valence-corrected chi connectivity index (χ2v) is 2.18. The van der Waals surface area contributed by atoms with Crippen molar-refractivity contribution in [2.24, 2.45) is 0 Å². The van der Waals surface area contributed by atoms with E-state index in [1.54, 1.807) is 24.3 Å². The third-order valence-electron chi connectivity index (χ3n) is 1.17. The summed E-state index contributed by atoms with van der Waals surface area (Å²) in [6, 6.07) is 14.3. The first-order valence-corrected chi connectivity index (χ1v) is 3.69. The van der Waals surface area contributed by atoms with Gasteiger partial charge >= 0.3 is 0 Å². The largest absolute Gasteiger partial charge is 0.192 e. The first-order valence-electron chi connectivity index (χ1n) is 3.69. The molecule has 66 valence electrons. The first kappa shape index (κ1) is 11.4. The zero-order valence-corrected chi connectivity index (χ0v) is 7.44. The fraction of sp³-hybridized carbons (Fsp3) is 0. The van der Waals surface area contributed by atoms with Crippen molar-refractivity contribution >= 4 is 0 Å². The summed E-state index contributed by atoms with van der Waals surface area (Å²) >= 11 is 0. The van der Waals surface area contributed by atoms with Gasteiger partial charge in [0, 0.05) is 0 Å². The van der Waals surface area contributed by atoms with Crippen LogP contribution in [0, 0.1) is 34.0 Å². The molecule has 3 heteroatoms. The van der Waals surface area contributed by atoms with Gasteiger partial charge in [-0.25, -0.2) is 0 Å². The standard InChI is InChI=1S/C7H5N.C4H2N2/c8-6-7-4-2-1-3-5-7;1-4(2-5)3-6/h1-5H;1H2. The highest BCUT2D eigenvalue weighted by Crippen LogP contribution is 1.93. The molecule has 0 saturated heterocycles. The van der Waals surface area contributed by atoms with E-state index in [2.05, 4.69) is 6.58 Å². The lowest BCUT2D eigenvalue weighted by Gasteiger charge is -1.80. The van der Waals surface area contributed by atoms with Gasteiger partial charge in [-0.1, -0.05) is 24.8 Å². The third kappa shape index (κ3) is 5.13. The van der Waals surface area contributed by atoms with Crippen molar-refractivity contribution in [3.8, 4) is 18.2 Å². The van der Waals surface area contributed by atoms with Crippen LogP contribution in [0.15, 0.2) is 42.5 Å². The molecule has 1 rings (SSSR count). The molecule has 3 nitrogen and oxygen atoms in total. The maximum atomic E-state index is 8.29. The lowest BCUT2D eigenvalue weighted by molar-refractivity contribution is 1.47. The molecular weight excluding hydrogens is 174 g/mol. The van der Waals surface area contributed by atoms with Crippen molar-refractivity contribution in [3.05, 3.63) is 48.0 Å². The summed E-state index contributed by atoms with van der Waals surface area (Å²) in [6.45, 7) is 3.07. The van der Waals surface area contributed by atoms with Crippen molar-refractivity contribution < 1.29 is 0 Å². The molecule has 14 heavy (non-hydrogen) atoms. The Morgan fingerprint density at radius 3 is 1.71 bits per heavy atom. The maximum absolute atomic E-state index is 8.29. The highest BCUT2D eigenvalue weighted by atomic mass is 14.3. The summed E-state index contributed by atoms with van der Waals surface area (Å²) in [5.74, 6) is 0. The van der Waals surface area contributed by atoms with Crippen LogP contribution in [0.2, 0.25) is 0 Å².